The molecule has 0 saturated carbocycles. The minimum Gasteiger partial charge on any atom is -0.299 e. The third-order valence-electron chi connectivity index (χ3n) is 3.87. The molecule has 0 amide bonds. The van der Waals surface area contributed by atoms with Crippen molar-refractivity contribution >= 4 is 5.78 Å². The van der Waals surface area contributed by atoms with Gasteiger partial charge in [-0.3, -0.25) is 9.78 Å². The molecule has 1 heterocycles. The molecule has 1 aromatic heterocycles. The molecule has 2 aromatic rings. The van der Waals surface area contributed by atoms with E-state index in [2.05, 4.69) is 37.0 Å². The zero-order valence-corrected chi connectivity index (χ0v) is 11.3. The lowest BCUT2D eigenvalue weighted by molar-refractivity contribution is -0.119. The molecule has 0 fully saturated rings. The van der Waals surface area contributed by atoms with Crippen molar-refractivity contribution in [1.82, 2.24) is 4.98 Å². The van der Waals surface area contributed by atoms with Gasteiger partial charge in [0.15, 0.2) is 0 Å². The number of ketones is 1. The summed E-state index contributed by atoms with van der Waals surface area (Å²) in [7, 11) is 0. The number of fused-ring (bicyclic) bond motifs is 1. The molecule has 2 heteroatoms. The fourth-order valence-electron chi connectivity index (χ4n) is 2.97. The van der Waals surface area contributed by atoms with Crippen LogP contribution in [0, 0.1) is 5.92 Å². The lowest BCUT2D eigenvalue weighted by Crippen LogP contribution is -2.12. The second-order valence-corrected chi connectivity index (χ2v) is 5.51. The minimum atomic E-state index is 0.0665. The Morgan fingerprint density at radius 2 is 1.84 bits per heavy atom. The molecule has 1 aliphatic rings. The number of pyridine rings is 1. The van der Waals surface area contributed by atoms with E-state index in [1.165, 1.54) is 16.7 Å². The van der Waals surface area contributed by atoms with Gasteiger partial charge in [0.05, 0.1) is 0 Å². The Bertz CT molecular complexity index is 616. The molecule has 1 aliphatic carbocycles. The normalized spacial score (nSPS) is 17.8. The Labute approximate surface area is 113 Å². The Morgan fingerprint density at radius 3 is 2.53 bits per heavy atom. The summed E-state index contributed by atoms with van der Waals surface area (Å²) in [6, 6.07) is 10.4. The maximum Gasteiger partial charge on any atom is 0.144 e. The van der Waals surface area contributed by atoms with Crippen molar-refractivity contribution < 1.29 is 4.79 Å². The van der Waals surface area contributed by atoms with Gasteiger partial charge in [-0.15, -0.1) is 0 Å². The lowest BCUT2D eigenvalue weighted by Gasteiger charge is -2.15. The molecule has 0 aliphatic heterocycles. The molecule has 0 bridgehead atoms. The molecule has 19 heavy (non-hydrogen) atoms. The van der Waals surface area contributed by atoms with Crippen molar-refractivity contribution in [3.8, 4) is 11.1 Å². The van der Waals surface area contributed by atoms with Crippen molar-refractivity contribution in [2.75, 3.05) is 0 Å². The van der Waals surface area contributed by atoms with Crippen LogP contribution in [-0.2, 0) is 11.2 Å². The van der Waals surface area contributed by atoms with Crippen molar-refractivity contribution in [2.45, 2.75) is 26.2 Å². The number of rotatable bonds is 2. The highest BCUT2D eigenvalue weighted by atomic mass is 16.1. The Hall–Kier alpha value is -1.96. The van der Waals surface area contributed by atoms with Gasteiger partial charge in [-0.1, -0.05) is 32.0 Å². The van der Waals surface area contributed by atoms with Gasteiger partial charge in [0.1, 0.15) is 5.78 Å². The molecule has 0 saturated heterocycles. The van der Waals surface area contributed by atoms with E-state index < -0.39 is 0 Å². The van der Waals surface area contributed by atoms with Crippen LogP contribution < -0.4 is 0 Å². The number of aromatic nitrogens is 1. The van der Waals surface area contributed by atoms with Gasteiger partial charge in [0.25, 0.3) is 0 Å². The maximum absolute atomic E-state index is 12.1. The molecule has 1 atom stereocenters. The summed E-state index contributed by atoms with van der Waals surface area (Å²) in [5.74, 6) is 0.787. The van der Waals surface area contributed by atoms with Gasteiger partial charge < -0.3 is 0 Å². The molecular weight excluding hydrogens is 234 g/mol. The SMILES string of the molecule is CC(C)C1C(=O)Cc2ccc(-c3ccncc3)cc21. The summed E-state index contributed by atoms with van der Waals surface area (Å²) in [4.78, 5) is 16.2. The fourth-order valence-corrected chi connectivity index (χ4v) is 2.97. The van der Waals surface area contributed by atoms with E-state index in [-0.39, 0.29) is 5.92 Å². The van der Waals surface area contributed by atoms with Crippen molar-refractivity contribution in [3.05, 3.63) is 53.9 Å². The van der Waals surface area contributed by atoms with Gasteiger partial charge >= 0.3 is 0 Å². The average Bonchev–Trinajstić information content (AvgIpc) is 2.74. The molecule has 0 radical (unpaired) electrons. The third-order valence-corrected chi connectivity index (χ3v) is 3.87. The van der Waals surface area contributed by atoms with E-state index in [1.54, 1.807) is 12.4 Å². The first-order valence-electron chi connectivity index (χ1n) is 6.73. The van der Waals surface area contributed by atoms with Gasteiger partial charge in [-0.25, -0.2) is 0 Å². The van der Waals surface area contributed by atoms with E-state index in [4.69, 9.17) is 0 Å². The first kappa shape index (κ1) is 12.1. The highest BCUT2D eigenvalue weighted by Crippen LogP contribution is 2.37. The van der Waals surface area contributed by atoms with E-state index in [0.717, 1.165) is 5.56 Å². The smallest absolute Gasteiger partial charge is 0.144 e. The number of carbonyl (C=O) groups is 1. The van der Waals surface area contributed by atoms with Gasteiger partial charge in [-0.2, -0.15) is 0 Å². The summed E-state index contributed by atoms with van der Waals surface area (Å²) in [5, 5.41) is 0. The van der Waals surface area contributed by atoms with Crippen molar-refractivity contribution in [1.29, 1.82) is 0 Å². The fraction of sp³-hybridized carbons (Fsp3) is 0.294. The Kier molecular flexibility index (Phi) is 2.94. The molecule has 0 spiro atoms. The molecule has 96 valence electrons. The highest BCUT2D eigenvalue weighted by Gasteiger charge is 2.32. The van der Waals surface area contributed by atoms with Crippen molar-refractivity contribution in [2.24, 2.45) is 5.92 Å². The monoisotopic (exact) mass is 251 g/mol. The number of benzene rings is 1. The second-order valence-electron chi connectivity index (χ2n) is 5.51. The standard InChI is InChI=1S/C17H17NO/c1-11(2)17-15-9-13(12-5-7-18-8-6-12)3-4-14(15)10-16(17)19/h3-9,11,17H,10H2,1-2H3. The Morgan fingerprint density at radius 1 is 1.11 bits per heavy atom. The zero-order valence-electron chi connectivity index (χ0n) is 11.3. The first-order valence-corrected chi connectivity index (χ1v) is 6.73. The quantitative estimate of drug-likeness (QED) is 0.816. The average molecular weight is 251 g/mol. The molecular formula is C17H17NO. The first-order chi connectivity index (χ1) is 9.16. The van der Waals surface area contributed by atoms with Crippen LogP contribution in [0.5, 0.6) is 0 Å². The van der Waals surface area contributed by atoms with Crippen LogP contribution >= 0.6 is 0 Å². The lowest BCUT2D eigenvalue weighted by atomic mass is 9.88. The molecule has 1 aromatic carbocycles. The number of hydrogen-bond acceptors (Lipinski definition) is 2. The van der Waals surface area contributed by atoms with E-state index in [9.17, 15) is 4.79 Å². The predicted molar refractivity (Wildman–Crippen MR) is 76.0 cm³/mol. The van der Waals surface area contributed by atoms with Crippen LogP contribution in [0.1, 0.15) is 30.9 Å². The summed E-state index contributed by atoms with van der Waals surface area (Å²) >= 11 is 0. The molecule has 2 nitrogen and oxygen atoms in total. The zero-order chi connectivity index (χ0) is 13.4. The van der Waals surface area contributed by atoms with Crippen LogP contribution in [0.15, 0.2) is 42.7 Å². The summed E-state index contributed by atoms with van der Waals surface area (Å²) in [6.07, 6.45) is 4.19. The van der Waals surface area contributed by atoms with E-state index in [1.807, 2.05) is 12.1 Å². The second kappa shape index (κ2) is 4.61. The van der Waals surface area contributed by atoms with Crippen molar-refractivity contribution in [3.63, 3.8) is 0 Å². The number of Topliss-reactive ketones (excluding diaryl/α,β-unsaturated/α-hetero) is 1. The maximum atomic E-state index is 12.1. The van der Waals surface area contributed by atoms with Gasteiger partial charge in [0.2, 0.25) is 0 Å². The predicted octanol–water partition coefficient (Wildman–Crippen LogP) is 3.61. The van der Waals surface area contributed by atoms with E-state index >= 15 is 0 Å². The third kappa shape index (κ3) is 2.07. The summed E-state index contributed by atoms with van der Waals surface area (Å²) in [6.45, 7) is 4.24. The largest absolute Gasteiger partial charge is 0.299 e. The van der Waals surface area contributed by atoms with Crippen LogP contribution in [0.2, 0.25) is 0 Å². The Balaban J connectivity index is 2.08. The van der Waals surface area contributed by atoms with Gasteiger partial charge in [-0.05, 0) is 40.3 Å². The summed E-state index contributed by atoms with van der Waals surface area (Å²) < 4.78 is 0. The topological polar surface area (TPSA) is 30.0 Å². The van der Waals surface area contributed by atoms with Crippen LogP contribution in [-0.4, -0.2) is 10.8 Å². The molecule has 0 N–H and O–H groups in total. The van der Waals surface area contributed by atoms with Crippen LogP contribution in [0.25, 0.3) is 11.1 Å². The van der Waals surface area contributed by atoms with Crippen LogP contribution in [0.4, 0.5) is 0 Å². The number of nitrogens with zero attached hydrogens (tertiary/aromatic N) is 1. The molecule has 3 rings (SSSR count). The van der Waals surface area contributed by atoms with Crippen LogP contribution in [0.3, 0.4) is 0 Å². The highest BCUT2D eigenvalue weighted by molar-refractivity contribution is 5.93. The molecule has 1 unspecified atom stereocenters. The van der Waals surface area contributed by atoms with E-state index in [0.29, 0.717) is 18.1 Å². The number of carbonyl (C=O) groups excluding carboxylic acids is 1. The summed E-state index contributed by atoms with van der Waals surface area (Å²) in [5.41, 5.74) is 4.73. The van der Waals surface area contributed by atoms with Gasteiger partial charge in [0, 0.05) is 24.7 Å². The minimum absolute atomic E-state index is 0.0665. The number of hydrogen-bond donors (Lipinski definition) is 0.